The fourth-order valence-electron chi connectivity index (χ4n) is 8.69. The Labute approximate surface area is 330 Å². The van der Waals surface area contributed by atoms with Gasteiger partial charge in [0.15, 0.2) is 0 Å². The number of ether oxygens (including phenoxy) is 1. The minimum absolute atomic E-state index is 0.0268. The van der Waals surface area contributed by atoms with Gasteiger partial charge < -0.3 is 9.64 Å². The molecule has 0 spiro atoms. The highest BCUT2D eigenvalue weighted by atomic mass is 16.5. The molecule has 0 saturated heterocycles. The predicted octanol–water partition coefficient (Wildman–Crippen LogP) is 12.4. The molecule has 0 aliphatic carbocycles. The number of rotatable bonds is 5. The standard InChI is InChI=1S/C53H42BNO/c1-35-30-49-52-51(31-35)56-50-29-24-42(38-18-12-7-13-19-38)34-46(50)54(52)45-33-41(37-16-10-6-11-17-37)23-28-48(45)55(49)47-27-22-40(36-14-8-5-9-15-36)32-44(47)39-20-25-43(26-21-39)53(2,3)4/h5-34H,1-4H3. The lowest BCUT2D eigenvalue weighted by Crippen LogP contribution is -2.59. The summed E-state index contributed by atoms with van der Waals surface area (Å²) in [6.45, 7) is 8.98. The van der Waals surface area contributed by atoms with Gasteiger partial charge in [-0.3, -0.25) is 0 Å². The summed E-state index contributed by atoms with van der Waals surface area (Å²) in [5.74, 6) is 1.83. The van der Waals surface area contributed by atoms with Gasteiger partial charge in [0.1, 0.15) is 11.5 Å². The van der Waals surface area contributed by atoms with E-state index in [-0.39, 0.29) is 12.1 Å². The van der Waals surface area contributed by atoms with E-state index >= 15 is 0 Å². The highest BCUT2D eigenvalue weighted by Gasteiger charge is 2.42. The average Bonchev–Trinajstić information content (AvgIpc) is 3.23. The van der Waals surface area contributed by atoms with Gasteiger partial charge >= 0.3 is 0 Å². The fourth-order valence-corrected chi connectivity index (χ4v) is 8.69. The van der Waals surface area contributed by atoms with Crippen LogP contribution < -0.4 is 26.0 Å². The number of fused-ring (bicyclic) bond motifs is 4. The van der Waals surface area contributed by atoms with Crippen molar-refractivity contribution in [3.05, 3.63) is 193 Å². The SMILES string of the molecule is Cc1cc2c3c(c1)N(c1ccc(-c4ccccc4)cc1-c1ccc(C(C)(C)C)cc1)c1ccc(-c4ccccc4)cc1B3c1cc(-c3ccccc3)ccc1O2. The van der Waals surface area contributed by atoms with Crippen molar-refractivity contribution in [2.45, 2.75) is 33.1 Å². The number of nitrogens with zero attached hydrogens (tertiary/aromatic N) is 1. The predicted molar refractivity (Wildman–Crippen MR) is 237 cm³/mol. The Bertz CT molecular complexity index is 2750. The molecule has 8 aromatic carbocycles. The Morgan fingerprint density at radius 2 is 0.946 bits per heavy atom. The first kappa shape index (κ1) is 34.0. The van der Waals surface area contributed by atoms with Crippen LogP contribution in [0.25, 0.3) is 44.5 Å². The molecule has 2 nitrogen and oxygen atoms in total. The molecule has 10 rings (SSSR count). The molecule has 2 heterocycles. The molecule has 0 N–H and O–H groups in total. The Morgan fingerprint density at radius 1 is 0.429 bits per heavy atom. The van der Waals surface area contributed by atoms with Crippen molar-refractivity contribution in [3.8, 4) is 56.0 Å². The van der Waals surface area contributed by atoms with Crippen molar-refractivity contribution in [3.63, 3.8) is 0 Å². The number of hydrogen-bond acceptors (Lipinski definition) is 2. The molecule has 56 heavy (non-hydrogen) atoms. The summed E-state index contributed by atoms with van der Waals surface area (Å²) in [7, 11) is 0. The molecule has 2 aliphatic rings. The van der Waals surface area contributed by atoms with Crippen molar-refractivity contribution in [1.82, 2.24) is 0 Å². The fraction of sp³-hybridized carbons (Fsp3) is 0.0943. The van der Waals surface area contributed by atoms with Gasteiger partial charge in [-0.05, 0) is 115 Å². The van der Waals surface area contributed by atoms with Crippen LogP contribution in [0, 0.1) is 6.92 Å². The molecule has 268 valence electrons. The minimum Gasteiger partial charge on any atom is -0.458 e. The lowest BCUT2D eigenvalue weighted by molar-refractivity contribution is 0.487. The first-order valence-electron chi connectivity index (χ1n) is 19.6. The lowest BCUT2D eigenvalue weighted by Gasteiger charge is -2.41. The van der Waals surface area contributed by atoms with Gasteiger partial charge in [0.05, 0.1) is 5.69 Å². The van der Waals surface area contributed by atoms with Crippen LogP contribution in [-0.4, -0.2) is 6.71 Å². The van der Waals surface area contributed by atoms with E-state index in [1.54, 1.807) is 0 Å². The summed E-state index contributed by atoms with van der Waals surface area (Å²) in [5.41, 5.74) is 19.2. The third-order valence-corrected chi connectivity index (χ3v) is 11.5. The summed E-state index contributed by atoms with van der Waals surface area (Å²) in [6.07, 6.45) is 0. The van der Waals surface area contributed by atoms with Crippen molar-refractivity contribution in [2.75, 3.05) is 4.90 Å². The van der Waals surface area contributed by atoms with Crippen molar-refractivity contribution in [1.29, 1.82) is 0 Å². The zero-order valence-corrected chi connectivity index (χ0v) is 32.3. The molecule has 8 aromatic rings. The maximum Gasteiger partial charge on any atom is 0.256 e. The Kier molecular flexibility index (Phi) is 8.08. The van der Waals surface area contributed by atoms with Crippen LogP contribution in [0.2, 0.25) is 0 Å². The molecule has 0 bridgehead atoms. The summed E-state index contributed by atoms with van der Waals surface area (Å²) < 4.78 is 6.92. The minimum atomic E-state index is -0.0268. The summed E-state index contributed by atoms with van der Waals surface area (Å²) in [4.78, 5) is 2.50. The van der Waals surface area contributed by atoms with Crippen LogP contribution in [0.5, 0.6) is 11.5 Å². The summed E-state index contributed by atoms with van der Waals surface area (Å²) in [6, 6.07) is 66.6. The van der Waals surface area contributed by atoms with Crippen LogP contribution in [-0.2, 0) is 5.41 Å². The average molecular weight is 720 g/mol. The van der Waals surface area contributed by atoms with Crippen molar-refractivity contribution >= 4 is 40.2 Å². The number of hydrogen-bond donors (Lipinski definition) is 0. The van der Waals surface area contributed by atoms with E-state index in [0.717, 1.165) is 28.4 Å². The zero-order chi connectivity index (χ0) is 38.0. The van der Waals surface area contributed by atoms with Crippen LogP contribution in [0.3, 0.4) is 0 Å². The molecule has 0 unspecified atom stereocenters. The number of anilines is 3. The Balaban J connectivity index is 1.24. The summed E-state index contributed by atoms with van der Waals surface area (Å²) >= 11 is 0. The normalized spacial score (nSPS) is 12.7. The van der Waals surface area contributed by atoms with Crippen LogP contribution in [0.1, 0.15) is 31.9 Å². The van der Waals surface area contributed by atoms with Gasteiger partial charge in [-0.1, -0.05) is 166 Å². The molecule has 0 aromatic heterocycles. The molecule has 0 radical (unpaired) electrons. The Morgan fingerprint density at radius 3 is 1.54 bits per heavy atom. The van der Waals surface area contributed by atoms with E-state index in [0.29, 0.717) is 0 Å². The second-order valence-corrected chi connectivity index (χ2v) is 16.2. The van der Waals surface area contributed by atoms with E-state index in [4.69, 9.17) is 4.74 Å². The second-order valence-electron chi connectivity index (χ2n) is 16.2. The largest absolute Gasteiger partial charge is 0.458 e. The molecule has 2 aliphatic heterocycles. The van der Waals surface area contributed by atoms with Gasteiger partial charge in [0.2, 0.25) is 0 Å². The maximum atomic E-state index is 6.92. The van der Waals surface area contributed by atoms with E-state index in [2.05, 4.69) is 215 Å². The summed E-state index contributed by atoms with van der Waals surface area (Å²) in [5, 5.41) is 0. The van der Waals surface area contributed by atoms with Crippen LogP contribution >= 0.6 is 0 Å². The van der Waals surface area contributed by atoms with E-state index < -0.39 is 0 Å². The van der Waals surface area contributed by atoms with Crippen molar-refractivity contribution in [2.24, 2.45) is 0 Å². The molecule has 0 amide bonds. The van der Waals surface area contributed by atoms with Gasteiger partial charge in [-0.25, -0.2) is 0 Å². The second kappa shape index (κ2) is 13.3. The van der Waals surface area contributed by atoms with Gasteiger partial charge in [-0.2, -0.15) is 0 Å². The third-order valence-electron chi connectivity index (χ3n) is 11.5. The molecule has 0 atom stereocenters. The monoisotopic (exact) mass is 719 g/mol. The quantitative estimate of drug-likeness (QED) is 0.164. The molecule has 3 heteroatoms. The highest BCUT2D eigenvalue weighted by molar-refractivity contribution is 6.99. The Hall–Kier alpha value is -6.58. The van der Waals surface area contributed by atoms with E-state index in [1.165, 1.54) is 72.1 Å². The van der Waals surface area contributed by atoms with Gasteiger partial charge in [-0.15, -0.1) is 0 Å². The van der Waals surface area contributed by atoms with Gasteiger partial charge in [0, 0.05) is 16.9 Å². The van der Waals surface area contributed by atoms with Crippen molar-refractivity contribution < 1.29 is 4.74 Å². The van der Waals surface area contributed by atoms with E-state index in [9.17, 15) is 0 Å². The van der Waals surface area contributed by atoms with Crippen LogP contribution in [0.15, 0.2) is 182 Å². The highest BCUT2D eigenvalue weighted by Crippen LogP contribution is 2.46. The molecule has 0 fully saturated rings. The zero-order valence-electron chi connectivity index (χ0n) is 32.3. The third kappa shape index (κ3) is 5.83. The van der Waals surface area contributed by atoms with Gasteiger partial charge in [0.25, 0.3) is 6.71 Å². The number of benzene rings is 8. The molecule has 0 saturated carbocycles. The first-order chi connectivity index (χ1) is 27.3. The maximum absolute atomic E-state index is 6.92. The first-order valence-corrected chi connectivity index (χ1v) is 19.6. The van der Waals surface area contributed by atoms with Crippen LogP contribution in [0.4, 0.5) is 17.1 Å². The lowest BCUT2D eigenvalue weighted by atomic mass is 9.34. The molecular formula is C53H42BNO. The topological polar surface area (TPSA) is 12.5 Å². The van der Waals surface area contributed by atoms with E-state index in [1.807, 2.05) is 0 Å². The number of aryl methyl sites for hydroxylation is 1. The smallest absolute Gasteiger partial charge is 0.256 e. The molecular weight excluding hydrogens is 677 g/mol.